The Kier molecular flexibility index (Phi) is 2.17. The highest BCUT2D eigenvalue weighted by atomic mass is 16.1. The fourth-order valence-electron chi connectivity index (χ4n) is 0.696. The first-order valence-electron chi connectivity index (χ1n) is 3.00. The van der Waals surface area contributed by atoms with Gasteiger partial charge in [-0.2, -0.15) is 0 Å². The van der Waals surface area contributed by atoms with Gasteiger partial charge in [-0.3, -0.25) is 4.79 Å². The third-order valence-electron chi connectivity index (χ3n) is 1.12. The normalized spacial score (nSPS) is 9.70. The zero-order chi connectivity index (χ0) is 7.40. The maximum atomic E-state index is 10.1. The van der Waals surface area contributed by atoms with Gasteiger partial charge >= 0.3 is 0 Å². The summed E-state index contributed by atoms with van der Waals surface area (Å²) in [6.07, 6.45) is 2.26. The van der Waals surface area contributed by atoms with E-state index in [9.17, 15) is 4.79 Å². The standard InChI is InChI=1S/C6H9N3O/c1-7-3-6-8-2-5(4-10)9-6/h2,4,7H,3H2,1H3,(H,8,9). The molecule has 0 aliphatic carbocycles. The summed E-state index contributed by atoms with van der Waals surface area (Å²) in [5, 5.41) is 2.91. The molecular formula is C6H9N3O. The number of aromatic nitrogens is 2. The lowest BCUT2D eigenvalue weighted by molar-refractivity contribution is 0.111. The Balaban J connectivity index is 2.68. The van der Waals surface area contributed by atoms with Crippen LogP contribution in [-0.4, -0.2) is 23.3 Å². The lowest BCUT2D eigenvalue weighted by atomic mass is 10.5. The van der Waals surface area contributed by atoms with Crippen molar-refractivity contribution >= 4 is 6.29 Å². The van der Waals surface area contributed by atoms with Crippen molar-refractivity contribution in [1.29, 1.82) is 0 Å². The molecule has 2 N–H and O–H groups in total. The number of nitrogens with one attached hydrogen (secondary N) is 2. The van der Waals surface area contributed by atoms with Gasteiger partial charge in [0, 0.05) is 0 Å². The highest BCUT2D eigenvalue weighted by Crippen LogP contribution is 1.91. The van der Waals surface area contributed by atoms with Gasteiger partial charge in [0.05, 0.1) is 18.4 Å². The highest BCUT2D eigenvalue weighted by molar-refractivity contribution is 5.71. The van der Waals surface area contributed by atoms with E-state index in [-0.39, 0.29) is 0 Å². The maximum Gasteiger partial charge on any atom is 0.167 e. The quantitative estimate of drug-likeness (QED) is 0.577. The Labute approximate surface area is 58.7 Å². The van der Waals surface area contributed by atoms with E-state index >= 15 is 0 Å². The second kappa shape index (κ2) is 3.12. The second-order valence-electron chi connectivity index (χ2n) is 1.93. The molecule has 0 bridgehead atoms. The number of nitrogens with zero attached hydrogens (tertiary/aromatic N) is 1. The monoisotopic (exact) mass is 139 g/mol. The van der Waals surface area contributed by atoms with E-state index in [1.165, 1.54) is 6.20 Å². The van der Waals surface area contributed by atoms with E-state index < -0.39 is 0 Å². The Morgan fingerprint density at radius 3 is 3.20 bits per heavy atom. The lowest BCUT2D eigenvalue weighted by Crippen LogP contribution is -2.06. The minimum Gasteiger partial charge on any atom is -0.339 e. The van der Waals surface area contributed by atoms with E-state index in [2.05, 4.69) is 15.3 Å². The molecule has 0 aromatic carbocycles. The predicted octanol–water partition coefficient (Wildman–Crippen LogP) is -0.0584. The van der Waals surface area contributed by atoms with E-state index in [4.69, 9.17) is 0 Å². The van der Waals surface area contributed by atoms with Gasteiger partial charge in [-0.25, -0.2) is 4.98 Å². The fraction of sp³-hybridized carbons (Fsp3) is 0.333. The average molecular weight is 139 g/mol. The van der Waals surface area contributed by atoms with Crippen LogP contribution in [0.1, 0.15) is 16.3 Å². The van der Waals surface area contributed by atoms with Crippen molar-refractivity contribution in [1.82, 2.24) is 15.3 Å². The second-order valence-corrected chi connectivity index (χ2v) is 1.93. The molecule has 0 unspecified atom stereocenters. The summed E-state index contributed by atoms with van der Waals surface area (Å²) < 4.78 is 0. The number of imidazole rings is 1. The van der Waals surface area contributed by atoms with Crippen LogP contribution in [0, 0.1) is 0 Å². The molecule has 0 radical (unpaired) electrons. The molecule has 0 amide bonds. The number of carbonyl (C=O) groups is 1. The molecule has 1 aromatic heterocycles. The van der Waals surface area contributed by atoms with Crippen LogP contribution in [0.3, 0.4) is 0 Å². The molecule has 0 saturated heterocycles. The largest absolute Gasteiger partial charge is 0.339 e. The van der Waals surface area contributed by atoms with E-state index in [0.29, 0.717) is 12.2 Å². The van der Waals surface area contributed by atoms with Crippen LogP contribution in [0.25, 0.3) is 0 Å². The summed E-state index contributed by atoms with van der Waals surface area (Å²) in [6, 6.07) is 0. The minimum atomic E-state index is 0.519. The molecule has 0 aliphatic rings. The maximum absolute atomic E-state index is 10.1. The summed E-state index contributed by atoms with van der Waals surface area (Å²) in [7, 11) is 1.82. The van der Waals surface area contributed by atoms with Crippen molar-refractivity contribution in [3.05, 3.63) is 17.7 Å². The molecule has 0 fully saturated rings. The van der Waals surface area contributed by atoms with Crippen LogP contribution in [0.4, 0.5) is 0 Å². The molecule has 0 aliphatic heterocycles. The van der Waals surface area contributed by atoms with Gasteiger partial charge in [0.1, 0.15) is 5.82 Å². The SMILES string of the molecule is CNCc1ncc(C=O)[nH]1. The molecule has 0 atom stereocenters. The van der Waals surface area contributed by atoms with Crippen molar-refractivity contribution in [3.63, 3.8) is 0 Å². The first kappa shape index (κ1) is 6.95. The fourth-order valence-corrected chi connectivity index (χ4v) is 0.696. The van der Waals surface area contributed by atoms with Gasteiger partial charge < -0.3 is 10.3 Å². The minimum absolute atomic E-state index is 0.519. The molecule has 10 heavy (non-hydrogen) atoms. The third kappa shape index (κ3) is 1.41. The van der Waals surface area contributed by atoms with Gasteiger partial charge in [-0.1, -0.05) is 0 Å². The zero-order valence-electron chi connectivity index (χ0n) is 5.72. The molecule has 54 valence electrons. The number of hydrogen-bond acceptors (Lipinski definition) is 3. The Hall–Kier alpha value is -1.16. The summed E-state index contributed by atoms with van der Waals surface area (Å²) in [4.78, 5) is 16.9. The lowest BCUT2D eigenvalue weighted by Gasteiger charge is -1.90. The number of aromatic amines is 1. The van der Waals surface area contributed by atoms with E-state index in [0.717, 1.165) is 12.1 Å². The van der Waals surface area contributed by atoms with Gasteiger partial charge in [-0.15, -0.1) is 0 Å². The topological polar surface area (TPSA) is 57.8 Å². The molecule has 1 aromatic rings. The van der Waals surface area contributed by atoms with Gasteiger partial charge in [0.15, 0.2) is 6.29 Å². The van der Waals surface area contributed by atoms with Crippen LogP contribution in [-0.2, 0) is 6.54 Å². The van der Waals surface area contributed by atoms with Gasteiger partial charge in [0.2, 0.25) is 0 Å². The van der Waals surface area contributed by atoms with Crippen LogP contribution < -0.4 is 5.32 Å². The smallest absolute Gasteiger partial charge is 0.167 e. The Bertz CT molecular complexity index is 219. The molecule has 1 rings (SSSR count). The predicted molar refractivity (Wildman–Crippen MR) is 36.7 cm³/mol. The van der Waals surface area contributed by atoms with E-state index in [1.807, 2.05) is 7.05 Å². The Morgan fingerprint density at radius 1 is 1.90 bits per heavy atom. The summed E-state index contributed by atoms with van der Waals surface area (Å²) in [5.74, 6) is 0.782. The van der Waals surface area contributed by atoms with Crippen LogP contribution in [0.5, 0.6) is 0 Å². The summed E-state index contributed by atoms with van der Waals surface area (Å²) >= 11 is 0. The van der Waals surface area contributed by atoms with Gasteiger partial charge in [0.25, 0.3) is 0 Å². The molecular weight excluding hydrogens is 130 g/mol. The molecule has 4 nitrogen and oxygen atoms in total. The summed E-state index contributed by atoms with van der Waals surface area (Å²) in [5.41, 5.74) is 0.519. The van der Waals surface area contributed by atoms with Crippen molar-refractivity contribution in [2.45, 2.75) is 6.54 Å². The van der Waals surface area contributed by atoms with Crippen molar-refractivity contribution in [2.75, 3.05) is 7.05 Å². The number of carbonyl (C=O) groups excluding carboxylic acids is 1. The third-order valence-corrected chi connectivity index (χ3v) is 1.12. The highest BCUT2D eigenvalue weighted by Gasteiger charge is 1.95. The first-order valence-corrected chi connectivity index (χ1v) is 3.00. The van der Waals surface area contributed by atoms with Crippen LogP contribution in [0.2, 0.25) is 0 Å². The average Bonchev–Trinajstić information content (AvgIpc) is 2.37. The molecule has 1 heterocycles. The van der Waals surface area contributed by atoms with Gasteiger partial charge in [-0.05, 0) is 7.05 Å². The number of hydrogen-bond donors (Lipinski definition) is 2. The van der Waals surface area contributed by atoms with Crippen LogP contribution in [0.15, 0.2) is 6.20 Å². The van der Waals surface area contributed by atoms with E-state index in [1.54, 1.807) is 0 Å². The Morgan fingerprint density at radius 2 is 2.70 bits per heavy atom. The van der Waals surface area contributed by atoms with Crippen LogP contribution >= 0.6 is 0 Å². The zero-order valence-corrected chi connectivity index (χ0v) is 5.72. The molecule has 0 saturated carbocycles. The van der Waals surface area contributed by atoms with Crippen molar-refractivity contribution in [3.8, 4) is 0 Å². The molecule has 0 spiro atoms. The number of H-pyrrole nitrogens is 1. The summed E-state index contributed by atoms with van der Waals surface area (Å²) in [6.45, 7) is 0.661. The van der Waals surface area contributed by atoms with Crippen molar-refractivity contribution < 1.29 is 4.79 Å². The number of rotatable bonds is 3. The molecule has 4 heteroatoms. The number of aldehydes is 1. The van der Waals surface area contributed by atoms with Crippen molar-refractivity contribution in [2.24, 2.45) is 0 Å². The first-order chi connectivity index (χ1) is 4.86.